The number of nitrogens with zero attached hydrogens (tertiary/aromatic N) is 1. The Morgan fingerprint density at radius 1 is 1.29 bits per heavy atom. The van der Waals surface area contributed by atoms with Crippen LogP contribution in [0.1, 0.15) is 44.0 Å². The monoisotopic (exact) mass is 292 g/mol. The maximum Gasteiger partial charge on any atom is 0.251 e. The van der Waals surface area contributed by atoms with Gasteiger partial charge in [0, 0.05) is 37.5 Å². The number of rotatable bonds is 8. The van der Waals surface area contributed by atoms with Crippen LogP contribution in [0.25, 0.3) is 0 Å². The Morgan fingerprint density at radius 3 is 2.43 bits per heavy atom. The molecule has 1 aromatic rings. The van der Waals surface area contributed by atoms with E-state index >= 15 is 0 Å². The van der Waals surface area contributed by atoms with Crippen molar-refractivity contribution in [2.75, 3.05) is 25.1 Å². The van der Waals surface area contributed by atoms with E-state index in [-0.39, 0.29) is 24.5 Å². The third-order valence-electron chi connectivity index (χ3n) is 3.92. The number of anilines is 1. The Morgan fingerprint density at radius 2 is 1.90 bits per heavy atom. The maximum atomic E-state index is 12.1. The molecule has 0 saturated heterocycles. The molecule has 0 aliphatic carbocycles. The van der Waals surface area contributed by atoms with Gasteiger partial charge in [0.1, 0.15) is 0 Å². The summed E-state index contributed by atoms with van der Waals surface area (Å²) >= 11 is 0. The fourth-order valence-electron chi connectivity index (χ4n) is 1.98. The summed E-state index contributed by atoms with van der Waals surface area (Å²) < 4.78 is 0. The number of hydrogen-bond acceptors (Lipinski definition) is 3. The summed E-state index contributed by atoms with van der Waals surface area (Å²) in [5, 5.41) is 12.0. The minimum atomic E-state index is -0.0921. The van der Waals surface area contributed by atoms with Gasteiger partial charge in [0.15, 0.2) is 0 Å². The highest BCUT2D eigenvalue weighted by Crippen LogP contribution is 2.15. The quantitative estimate of drug-likeness (QED) is 0.774. The second-order valence-corrected chi connectivity index (χ2v) is 5.74. The summed E-state index contributed by atoms with van der Waals surface area (Å²) in [5.74, 6) is -0.0426. The molecule has 0 spiro atoms. The molecule has 0 aliphatic rings. The fraction of sp³-hybridized carbons (Fsp3) is 0.588. The molecular weight excluding hydrogens is 264 g/mol. The van der Waals surface area contributed by atoms with Crippen molar-refractivity contribution in [1.29, 1.82) is 0 Å². The molecule has 0 aromatic heterocycles. The van der Waals surface area contributed by atoms with Crippen molar-refractivity contribution in [1.82, 2.24) is 5.32 Å². The van der Waals surface area contributed by atoms with E-state index in [1.165, 1.54) is 6.42 Å². The van der Waals surface area contributed by atoms with Crippen LogP contribution >= 0.6 is 0 Å². The normalized spacial score (nSPS) is 13.6. The minimum absolute atomic E-state index is 0.0468. The van der Waals surface area contributed by atoms with Crippen LogP contribution in [0.2, 0.25) is 0 Å². The predicted molar refractivity (Wildman–Crippen MR) is 87.8 cm³/mol. The Kier molecular flexibility index (Phi) is 7.23. The van der Waals surface area contributed by atoms with Gasteiger partial charge < -0.3 is 15.3 Å². The molecular formula is C17H28N2O2. The van der Waals surface area contributed by atoms with Crippen molar-refractivity contribution >= 4 is 11.6 Å². The highest BCUT2D eigenvalue weighted by atomic mass is 16.3. The zero-order chi connectivity index (χ0) is 15.8. The van der Waals surface area contributed by atoms with Gasteiger partial charge in [0.25, 0.3) is 5.91 Å². The SMILES string of the molecule is CCCCN(C)c1ccc(C(=O)NC(C)C(C)CO)cc1. The third kappa shape index (κ3) is 5.38. The first-order valence-electron chi connectivity index (χ1n) is 7.72. The molecule has 0 radical (unpaired) electrons. The number of amides is 1. The average molecular weight is 292 g/mol. The number of aliphatic hydroxyl groups is 1. The molecule has 0 fully saturated rings. The standard InChI is InChI=1S/C17H28N2O2/c1-5-6-11-19(4)16-9-7-15(8-10-16)17(21)18-14(3)13(2)12-20/h7-10,13-14,20H,5-6,11-12H2,1-4H3,(H,18,21). The lowest BCUT2D eigenvalue weighted by molar-refractivity contribution is 0.0916. The van der Waals surface area contributed by atoms with Crippen LogP contribution in [0, 0.1) is 5.92 Å². The van der Waals surface area contributed by atoms with Crippen molar-refractivity contribution < 1.29 is 9.90 Å². The first kappa shape index (κ1) is 17.5. The van der Waals surface area contributed by atoms with Crippen LogP contribution in [0.5, 0.6) is 0 Å². The first-order valence-corrected chi connectivity index (χ1v) is 7.72. The van der Waals surface area contributed by atoms with Gasteiger partial charge in [0.05, 0.1) is 0 Å². The van der Waals surface area contributed by atoms with Crippen LogP contribution in [-0.4, -0.2) is 37.3 Å². The van der Waals surface area contributed by atoms with E-state index in [1.54, 1.807) is 0 Å². The molecule has 118 valence electrons. The van der Waals surface area contributed by atoms with E-state index < -0.39 is 0 Å². The lowest BCUT2D eigenvalue weighted by Crippen LogP contribution is -2.38. The van der Waals surface area contributed by atoms with Crippen LogP contribution < -0.4 is 10.2 Å². The molecule has 4 heteroatoms. The molecule has 2 atom stereocenters. The summed E-state index contributed by atoms with van der Waals surface area (Å²) in [6.07, 6.45) is 2.33. The van der Waals surface area contributed by atoms with E-state index in [4.69, 9.17) is 5.11 Å². The second-order valence-electron chi connectivity index (χ2n) is 5.74. The topological polar surface area (TPSA) is 52.6 Å². The molecule has 0 bridgehead atoms. The van der Waals surface area contributed by atoms with Gasteiger partial charge in [-0.1, -0.05) is 20.3 Å². The molecule has 1 aromatic carbocycles. The average Bonchev–Trinajstić information content (AvgIpc) is 2.51. The van der Waals surface area contributed by atoms with Crippen LogP contribution in [0.4, 0.5) is 5.69 Å². The zero-order valence-corrected chi connectivity index (χ0v) is 13.6. The number of carbonyl (C=O) groups is 1. The van der Waals surface area contributed by atoms with E-state index in [2.05, 4.69) is 24.2 Å². The molecule has 0 heterocycles. The van der Waals surface area contributed by atoms with Crippen LogP contribution in [0.15, 0.2) is 24.3 Å². The second kappa shape index (κ2) is 8.67. The van der Waals surface area contributed by atoms with E-state index in [9.17, 15) is 4.79 Å². The van der Waals surface area contributed by atoms with Gasteiger partial charge >= 0.3 is 0 Å². The maximum absolute atomic E-state index is 12.1. The summed E-state index contributed by atoms with van der Waals surface area (Å²) in [5.41, 5.74) is 1.77. The van der Waals surface area contributed by atoms with Gasteiger partial charge in [-0.15, -0.1) is 0 Å². The van der Waals surface area contributed by atoms with Crippen LogP contribution in [-0.2, 0) is 0 Å². The summed E-state index contributed by atoms with van der Waals surface area (Å²) in [7, 11) is 2.07. The van der Waals surface area contributed by atoms with Crippen molar-refractivity contribution in [2.45, 2.75) is 39.7 Å². The Hall–Kier alpha value is -1.55. The molecule has 0 saturated carbocycles. The fourth-order valence-corrected chi connectivity index (χ4v) is 1.98. The van der Waals surface area contributed by atoms with Gasteiger partial charge in [-0.3, -0.25) is 4.79 Å². The number of aliphatic hydroxyl groups excluding tert-OH is 1. The first-order chi connectivity index (χ1) is 9.99. The summed E-state index contributed by atoms with van der Waals surface area (Å²) in [4.78, 5) is 14.3. The molecule has 2 unspecified atom stereocenters. The number of unbranched alkanes of at least 4 members (excludes halogenated alkanes) is 1. The molecule has 21 heavy (non-hydrogen) atoms. The third-order valence-corrected chi connectivity index (χ3v) is 3.92. The Labute approximate surface area is 128 Å². The predicted octanol–water partition coefficient (Wildman–Crippen LogP) is 2.67. The summed E-state index contributed by atoms with van der Waals surface area (Å²) in [6, 6.07) is 7.61. The minimum Gasteiger partial charge on any atom is -0.396 e. The lowest BCUT2D eigenvalue weighted by Gasteiger charge is -2.21. The number of benzene rings is 1. The van der Waals surface area contributed by atoms with E-state index in [0.717, 1.165) is 18.7 Å². The van der Waals surface area contributed by atoms with Gasteiger partial charge in [-0.05, 0) is 43.5 Å². The number of nitrogens with one attached hydrogen (secondary N) is 1. The highest BCUT2D eigenvalue weighted by Gasteiger charge is 2.15. The summed E-state index contributed by atoms with van der Waals surface area (Å²) in [6.45, 7) is 7.09. The molecule has 4 nitrogen and oxygen atoms in total. The number of hydrogen-bond donors (Lipinski definition) is 2. The lowest BCUT2D eigenvalue weighted by atomic mass is 10.0. The smallest absolute Gasteiger partial charge is 0.251 e. The largest absolute Gasteiger partial charge is 0.396 e. The van der Waals surface area contributed by atoms with Crippen molar-refractivity contribution in [2.24, 2.45) is 5.92 Å². The van der Waals surface area contributed by atoms with Crippen LogP contribution in [0.3, 0.4) is 0 Å². The van der Waals surface area contributed by atoms with Gasteiger partial charge in [0.2, 0.25) is 0 Å². The van der Waals surface area contributed by atoms with Gasteiger partial charge in [-0.25, -0.2) is 0 Å². The Bertz CT molecular complexity index is 431. The van der Waals surface area contributed by atoms with Gasteiger partial charge in [-0.2, -0.15) is 0 Å². The molecule has 2 N–H and O–H groups in total. The highest BCUT2D eigenvalue weighted by molar-refractivity contribution is 5.94. The van der Waals surface area contributed by atoms with Crippen molar-refractivity contribution in [3.8, 4) is 0 Å². The Balaban J connectivity index is 2.62. The molecule has 1 rings (SSSR count). The van der Waals surface area contributed by atoms with Crippen molar-refractivity contribution in [3.63, 3.8) is 0 Å². The van der Waals surface area contributed by atoms with Crippen molar-refractivity contribution in [3.05, 3.63) is 29.8 Å². The molecule has 1 amide bonds. The van der Waals surface area contributed by atoms with E-state index in [0.29, 0.717) is 5.56 Å². The van der Waals surface area contributed by atoms with E-state index in [1.807, 2.05) is 38.1 Å². The zero-order valence-electron chi connectivity index (χ0n) is 13.6. The molecule has 0 aliphatic heterocycles. The number of carbonyl (C=O) groups excluding carboxylic acids is 1.